The summed E-state index contributed by atoms with van der Waals surface area (Å²) >= 11 is 0. The zero-order chi connectivity index (χ0) is 12.3. The molecule has 4 N–H and O–H groups in total. The Bertz CT molecular complexity index is 392. The van der Waals surface area contributed by atoms with Gasteiger partial charge in [0.15, 0.2) is 0 Å². The van der Waals surface area contributed by atoms with E-state index in [9.17, 15) is 4.79 Å². The van der Waals surface area contributed by atoms with Crippen LogP contribution in [-0.4, -0.2) is 29.2 Å². The molecular formula is C10H14BNO4. The molecule has 6 heteroatoms. The molecule has 0 aliphatic rings. The summed E-state index contributed by atoms with van der Waals surface area (Å²) in [6.07, 6.45) is -0.211. The maximum atomic E-state index is 11.5. The first kappa shape index (κ1) is 12.5. The number of nitrogens with two attached hydrogens (primary N) is 1. The van der Waals surface area contributed by atoms with Gasteiger partial charge in [-0.3, -0.25) is 0 Å². The fraction of sp³-hybridized carbons (Fsp3) is 0.300. The second kappa shape index (κ2) is 5.00. The number of nitrogen functional groups attached to an aromatic ring is 1. The molecule has 0 saturated carbocycles. The number of hydrogen-bond acceptors (Lipinski definition) is 5. The van der Waals surface area contributed by atoms with Gasteiger partial charge in [0.05, 0.1) is 11.7 Å². The lowest BCUT2D eigenvalue weighted by Gasteiger charge is -2.10. The second-order valence-corrected chi connectivity index (χ2v) is 3.67. The monoisotopic (exact) mass is 223 g/mol. The number of rotatable bonds is 3. The molecule has 0 aliphatic heterocycles. The molecule has 0 bridgehead atoms. The van der Waals surface area contributed by atoms with E-state index < -0.39 is 13.1 Å². The summed E-state index contributed by atoms with van der Waals surface area (Å²) in [5, 5.41) is 17.9. The first-order valence-corrected chi connectivity index (χ1v) is 4.88. The number of esters is 1. The molecule has 1 aromatic rings. The van der Waals surface area contributed by atoms with Gasteiger partial charge in [0, 0.05) is 11.2 Å². The lowest BCUT2D eigenvalue weighted by atomic mass is 9.78. The smallest absolute Gasteiger partial charge is 0.459 e. The van der Waals surface area contributed by atoms with Crippen LogP contribution in [0.5, 0.6) is 0 Å². The summed E-state index contributed by atoms with van der Waals surface area (Å²) in [6.45, 7) is 3.49. The van der Waals surface area contributed by atoms with E-state index in [1.165, 1.54) is 18.2 Å². The third-order valence-corrected chi connectivity index (χ3v) is 1.94. The molecule has 1 rings (SSSR count). The summed E-state index contributed by atoms with van der Waals surface area (Å²) in [6, 6.07) is 4.19. The molecule has 0 atom stereocenters. The van der Waals surface area contributed by atoms with Gasteiger partial charge >= 0.3 is 13.1 Å². The lowest BCUT2D eigenvalue weighted by Crippen LogP contribution is -2.32. The molecule has 86 valence electrons. The van der Waals surface area contributed by atoms with E-state index in [1.54, 1.807) is 13.8 Å². The summed E-state index contributed by atoms with van der Waals surface area (Å²) in [4.78, 5) is 11.5. The highest BCUT2D eigenvalue weighted by atomic mass is 16.5. The Morgan fingerprint density at radius 1 is 1.44 bits per heavy atom. The Morgan fingerprint density at radius 2 is 2.06 bits per heavy atom. The highest BCUT2D eigenvalue weighted by Gasteiger charge is 2.17. The van der Waals surface area contributed by atoms with Crippen LogP contribution in [0.2, 0.25) is 0 Å². The molecule has 0 unspecified atom stereocenters. The van der Waals surface area contributed by atoms with Crippen molar-refractivity contribution < 1.29 is 19.6 Å². The van der Waals surface area contributed by atoms with Crippen molar-refractivity contribution in [2.24, 2.45) is 0 Å². The third kappa shape index (κ3) is 2.98. The minimum Gasteiger partial charge on any atom is -0.459 e. The standard InChI is InChI=1S/C10H14BNO4/c1-6(2)16-10(13)7-3-4-8(11(14)15)9(12)5-7/h3-6,14-15H,12H2,1-2H3. The predicted molar refractivity (Wildman–Crippen MR) is 61.2 cm³/mol. The number of carbonyl (C=O) groups is 1. The van der Waals surface area contributed by atoms with Crippen LogP contribution in [0.1, 0.15) is 24.2 Å². The van der Waals surface area contributed by atoms with Crippen molar-refractivity contribution in [1.82, 2.24) is 0 Å². The fourth-order valence-electron chi connectivity index (χ4n) is 1.22. The Balaban J connectivity index is 2.93. The Morgan fingerprint density at radius 3 is 2.50 bits per heavy atom. The first-order chi connectivity index (χ1) is 7.41. The highest BCUT2D eigenvalue weighted by Crippen LogP contribution is 2.08. The van der Waals surface area contributed by atoms with Crippen molar-refractivity contribution in [3.8, 4) is 0 Å². The topological polar surface area (TPSA) is 92.8 Å². The maximum absolute atomic E-state index is 11.5. The fourth-order valence-corrected chi connectivity index (χ4v) is 1.22. The van der Waals surface area contributed by atoms with Crippen LogP contribution in [0.4, 0.5) is 5.69 Å². The number of hydrogen-bond donors (Lipinski definition) is 3. The summed E-state index contributed by atoms with van der Waals surface area (Å²) in [5.41, 5.74) is 6.16. The van der Waals surface area contributed by atoms with Gasteiger partial charge in [-0.25, -0.2) is 4.79 Å². The number of carbonyl (C=O) groups excluding carboxylic acids is 1. The zero-order valence-corrected chi connectivity index (χ0v) is 9.18. The first-order valence-electron chi connectivity index (χ1n) is 4.88. The van der Waals surface area contributed by atoms with Gasteiger partial charge in [-0.05, 0) is 26.0 Å². The van der Waals surface area contributed by atoms with Gasteiger partial charge in [0.2, 0.25) is 0 Å². The van der Waals surface area contributed by atoms with Gasteiger partial charge in [-0.2, -0.15) is 0 Å². The van der Waals surface area contributed by atoms with Gasteiger partial charge in [-0.15, -0.1) is 0 Å². The molecule has 0 amide bonds. The second-order valence-electron chi connectivity index (χ2n) is 3.67. The molecule has 16 heavy (non-hydrogen) atoms. The molecule has 0 heterocycles. The van der Waals surface area contributed by atoms with E-state index in [4.69, 9.17) is 20.5 Å². The molecule has 0 saturated heterocycles. The van der Waals surface area contributed by atoms with Crippen molar-refractivity contribution in [1.29, 1.82) is 0 Å². The van der Waals surface area contributed by atoms with Crippen LogP contribution in [0, 0.1) is 0 Å². The van der Waals surface area contributed by atoms with E-state index in [1.807, 2.05) is 0 Å². The van der Waals surface area contributed by atoms with Crippen LogP contribution in [0.15, 0.2) is 18.2 Å². The Kier molecular flexibility index (Phi) is 3.92. The lowest BCUT2D eigenvalue weighted by molar-refractivity contribution is 0.0378. The van der Waals surface area contributed by atoms with E-state index in [-0.39, 0.29) is 22.8 Å². The van der Waals surface area contributed by atoms with E-state index in [0.717, 1.165) is 0 Å². The van der Waals surface area contributed by atoms with Crippen molar-refractivity contribution in [2.75, 3.05) is 5.73 Å². The summed E-state index contributed by atoms with van der Waals surface area (Å²) in [5.74, 6) is -0.485. The average molecular weight is 223 g/mol. The van der Waals surface area contributed by atoms with Gasteiger partial charge in [0.1, 0.15) is 0 Å². The zero-order valence-electron chi connectivity index (χ0n) is 9.18. The van der Waals surface area contributed by atoms with Crippen LogP contribution < -0.4 is 11.2 Å². The Hall–Kier alpha value is -1.53. The minimum absolute atomic E-state index is 0.146. The van der Waals surface area contributed by atoms with Crippen LogP contribution in [0.25, 0.3) is 0 Å². The normalized spacial score (nSPS) is 10.3. The van der Waals surface area contributed by atoms with Crippen molar-refractivity contribution >= 4 is 24.2 Å². The largest absolute Gasteiger partial charge is 0.490 e. The SMILES string of the molecule is CC(C)OC(=O)c1ccc(B(O)O)c(N)c1. The highest BCUT2D eigenvalue weighted by molar-refractivity contribution is 6.60. The molecule has 1 aromatic carbocycles. The molecule has 0 aliphatic carbocycles. The van der Waals surface area contributed by atoms with Gasteiger partial charge in [0.25, 0.3) is 0 Å². The Labute approximate surface area is 94.0 Å². The molecule has 5 nitrogen and oxygen atoms in total. The van der Waals surface area contributed by atoms with Crippen molar-refractivity contribution in [2.45, 2.75) is 20.0 Å². The summed E-state index contributed by atoms with van der Waals surface area (Å²) < 4.78 is 4.97. The van der Waals surface area contributed by atoms with E-state index in [2.05, 4.69) is 0 Å². The van der Waals surface area contributed by atoms with Gasteiger partial charge in [-0.1, -0.05) is 6.07 Å². The maximum Gasteiger partial charge on any atom is 0.490 e. The number of benzene rings is 1. The molecule has 0 aromatic heterocycles. The van der Waals surface area contributed by atoms with E-state index in [0.29, 0.717) is 0 Å². The number of ether oxygens (including phenoxy) is 1. The molecule has 0 radical (unpaired) electrons. The quantitative estimate of drug-likeness (QED) is 0.365. The van der Waals surface area contributed by atoms with Crippen LogP contribution in [0.3, 0.4) is 0 Å². The average Bonchev–Trinajstić information content (AvgIpc) is 2.15. The summed E-state index contributed by atoms with van der Waals surface area (Å²) in [7, 11) is -1.64. The minimum atomic E-state index is -1.64. The van der Waals surface area contributed by atoms with Gasteiger partial charge < -0.3 is 20.5 Å². The van der Waals surface area contributed by atoms with Crippen LogP contribution in [-0.2, 0) is 4.74 Å². The van der Waals surface area contributed by atoms with Crippen molar-refractivity contribution in [3.05, 3.63) is 23.8 Å². The molecule has 0 fully saturated rings. The third-order valence-electron chi connectivity index (χ3n) is 1.94. The number of anilines is 1. The van der Waals surface area contributed by atoms with E-state index >= 15 is 0 Å². The predicted octanol–water partition coefficient (Wildman–Crippen LogP) is -0.486. The van der Waals surface area contributed by atoms with Crippen molar-refractivity contribution in [3.63, 3.8) is 0 Å². The van der Waals surface area contributed by atoms with Crippen LogP contribution >= 0.6 is 0 Å². The molecule has 0 spiro atoms. The molecular weight excluding hydrogens is 209 g/mol.